The lowest BCUT2D eigenvalue weighted by Crippen LogP contribution is -2.01. The van der Waals surface area contributed by atoms with Gasteiger partial charge >= 0.3 is 0 Å². The first kappa shape index (κ1) is 12.0. The molecule has 0 saturated carbocycles. The fourth-order valence-electron chi connectivity index (χ4n) is 1.52. The Morgan fingerprint density at radius 3 is 2.47 bits per heavy atom. The van der Waals surface area contributed by atoms with Gasteiger partial charge in [-0.1, -0.05) is 6.92 Å². The van der Waals surface area contributed by atoms with Crippen molar-refractivity contribution in [2.75, 3.05) is 0 Å². The SMILES string of the molecule is CCc1c(C)cc(C#N)cc1S(=O)(=O)Cl. The number of nitriles is 1. The summed E-state index contributed by atoms with van der Waals surface area (Å²) >= 11 is 0. The molecule has 0 heterocycles. The molecule has 0 amide bonds. The van der Waals surface area contributed by atoms with Crippen molar-refractivity contribution in [2.45, 2.75) is 25.2 Å². The van der Waals surface area contributed by atoms with Gasteiger partial charge in [0.25, 0.3) is 9.05 Å². The molecule has 0 aliphatic carbocycles. The van der Waals surface area contributed by atoms with Crippen LogP contribution in [-0.2, 0) is 15.5 Å². The highest BCUT2D eigenvalue weighted by Gasteiger charge is 2.17. The standard InChI is InChI=1S/C10H10ClNO2S/c1-3-9-7(2)4-8(6-12)5-10(9)15(11,13)14/h4-5H,3H2,1-2H3. The van der Waals surface area contributed by atoms with Gasteiger partial charge in [0.05, 0.1) is 16.5 Å². The number of hydrogen-bond acceptors (Lipinski definition) is 3. The molecule has 15 heavy (non-hydrogen) atoms. The van der Waals surface area contributed by atoms with E-state index >= 15 is 0 Å². The first-order valence-electron chi connectivity index (χ1n) is 4.38. The van der Waals surface area contributed by atoms with Crippen LogP contribution in [0.15, 0.2) is 17.0 Å². The average molecular weight is 244 g/mol. The summed E-state index contributed by atoms with van der Waals surface area (Å²) in [7, 11) is 1.53. The van der Waals surface area contributed by atoms with Crippen molar-refractivity contribution in [1.82, 2.24) is 0 Å². The van der Waals surface area contributed by atoms with Crippen LogP contribution in [0.3, 0.4) is 0 Å². The van der Waals surface area contributed by atoms with Gasteiger partial charge in [-0.25, -0.2) is 8.42 Å². The quantitative estimate of drug-likeness (QED) is 0.750. The molecule has 5 heteroatoms. The van der Waals surface area contributed by atoms with Gasteiger partial charge in [-0.15, -0.1) is 0 Å². The predicted octanol–water partition coefficient (Wildman–Crippen LogP) is 2.36. The maximum atomic E-state index is 11.3. The summed E-state index contributed by atoms with van der Waals surface area (Å²) in [5.41, 5.74) is 1.75. The molecule has 1 aromatic carbocycles. The summed E-state index contributed by atoms with van der Waals surface area (Å²) in [5, 5.41) is 8.73. The normalized spacial score (nSPS) is 11.1. The Labute approximate surface area is 93.7 Å². The molecule has 0 atom stereocenters. The molecule has 0 N–H and O–H groups in total. The summed E-state index contributed by atoms with van der Waals surface area (Å²) in [6.45, 7) is 3.62. The highest BCUT2D eigenvalue weighted by Crippen LogP contribution is 2.25. The van der Waals surface area contributed by atoms with Gasteiger partial charge in [-0.05, 0) is 36.6 Å². The third-order valence-corrected chi connectivity index (χ3v) is 3.57. The summed E-state index contributed by atoms with van der Waals surface area (Å²) in [6, 6.07) is 4.88. The van der Waals surface area contributed by atoms with Crippen LogP contribution in [-0.4, -0.2) is 8.42 Å². The number of nitrogens with zero attached hydrogens (tertiary/aromatic N) is 1. The molecule has 80 valence electrons. The second-order valence-corrected chi connectivity index (χ2v) is 5.71. The molecular weight excluding hydrogens is 234 g/mol. The van der Waals surface area contributed by atoms with E-state index in [0.717, 1.165) is 5.56 Å². The lowest BCUT2D eigenvalue weighted by molar-refractivity contribution is 0.608. The van der Waals surface area contributed by atoms with E-state index in [-0.39, 0.29) is 4.90 Å². The van der Waals surface area contributed by atoms with Crippen molar-refractivity contribution in [1.29, 1.82) is 5.26 Å². The molecule has 0 radical (unpaired) electrons. The van der Waals surface area contributed by atoms with Crippen LogP contribution < -0.4 is 0 Å². The minimum Gasteiger partial charge on any atom is -0.207 e. The van der Waals surface area contributed by atoms with Gasteiger partial charge in [0.1, 0.15) is 0 Å². The van der Waals surface area contributed by atoms with E-state index in [0.29, 0.717) is 17.5 Å². The van der Waals surface area contributed by atoms with Gasteiger partial charge < -0.3 is 0 Å². The third kappa shape index (κ3) is 2.49. The summed E-state index contributed by atoms with van der Waals surface area (Å²) < 4.78 is 22.6. The fraction of sp³-hybridized carbons (Fsp3) is 0.300. The van der Waals surface area contributed by atoms with Crippen LogP contribution in [0.4, 0.5) is 0 Å². The monoisotopic (exact) mass is 243 g/mol. The van der Waals surface area contributed by atoms with E-state index in [9.17, 15) is 8.42 Å². The molecular formula is C10H10ClNO2S. The summed E-state index contributed by atoms with van der Waals surface area (Å²) in [5.74, 6) is 0. The zero-order valence-corrected chi connectivity index (χ0v) is 9.98. The second kappa shape index (κ2) is 4.21. The van der Waals surface area contributed by atoms with Gasteiger partial charge in [0.15, 0.2) is 0 Å². The van der Waals surface area contributed by atoms with Crippen LogP contribution in [0.1, 0.15) is 23.6 Å². The maximum Gasteiger partial charge on any atom is 0.261 e. The number of benzene rings is 1. The number of hydrogen-bond donors (Lipinski definition) is 0. The Kier molecular flexibility index (Phi) is 3.38. The first-order valence-corrected chi connectivity index (χ1v) is 6.69. The Hall–Kier alpha value is -1.05. The molecule has 1 rings (SSSR count). The predicted molar refractivity (Wildman–Crippen MR) is 58.3 cm³/mol. The largest absolute Gasteiger partial charge is 0.261 e. The molecule has 0 unspecified atom stereocenters. The van der Waals surface area contributed by atoms with Gasteiger partial charge in [-0.3, -0.25) is 0 Å². The molecule has 0 aromatic heterocycles. The van der Waals surface area contributed by atoms with Crippen molar-refractivity contribution < 1.29 is 8.42 Å². The highest BCUT2D eigenvalue weighted by atomic mass is 35.7. The van der Waals surface area contributed by atoms with E-state index in [1.807, 2.05) is 13.0 Å². The minimum absolute atomic E-state index is 0.0446. The maximum absolute atomic E-state index is 11.3. The van der Waals surface area contributed by atoms with Crippen molar-refractivity contribution in [3.8, 4) is 6.07 Å². The van der Waals surface area contributed by atoms with E-state index in [1.165, 1.54) is 6.07 Å². The zero-order valence-electron chi connectivity index (χ0n) is 8.41. The molecule has 0 saturated heterocycles. The van der Waals surface area contributed by atoms with Gasteiger partial charge in [-0.2, -0.15) is 5.26 Å². The zero-order chi connectivity index (χ0) is 11.6. The molecule has 0 aliphatic rings. The lowest BCUT2D eigenvalue weighted by atomic mass is 10.0. The molecule has 0 spiro atoms. The van der Waals surface area contributed by atoms with E-state index in [4.69, 9.17) is 15.9 Å². The van der Waals surface area contributed by atoms with Crippen LogP contribution in [0.2, 0.25) is 0 Å². The fourth-order valence-corrected chi connectivity index (χ4v) is 2.80. The van der Waals surface area contributed by atoms with E-state index < -0.39 is 9.05 Å². The minimum atomic E-state index is -3.78. The second-order valence-electron chi connectivity index (χ2n) is 3.17. The molecule has 3 nitrogen and oxygen atoms in total. The van der Waals surface area contributed by atoms with Crippen molar-refractivity contribution in [3.05, 3.63) is 28.8 Å². The van der Waals surface area contributed by atoms with E-state index in [2.05, 4.69) is 0 Å². The van der Waals surface area contributed by atoms with Gasteiger partial charge in [0, 0.05) is 10.7 Å². The molecule has 1 aromatic rings. The Morgan fingerprint density at radius 2 is 2.07 bits per heavy atom. The van der Waals surface area contributed by atoms with Crippen molar-refractivity contribution in [3.63, 3.8) is 0 Å². The van der Waals surface area contributed by atoms with Crippen LogP contribution in [0.5, 0.6) is 0 Å². The Balaban J connectivity index is 3.63. The van der Waals surface area contributed by atoms with E-state index in [1.54, 1.807) is 13.0 Å². The molecule has 0 fully saturated rings. The van der Waals surface area contributed by atoms with Gasteiger partial charge in [0.2, 0.25) is 0 Å². The lowest BCUT2D eigenvalue weighted by Gasteiger charge is -2.08. The number of halogens is 1. The average Bonchev–Trinajstić information content (AvgIpc) is 2.15. The van der Waals surface area contributed by atoms with Crippen LogP contribution in [0.25, 0.3) is 0 Å². The Bertz CT molecular complexity index is 529. The molecule has 0 bridgehead atoms. The van der Waals surface area contributed by atoms with Crippen LogP contribution in [0, 0.1) is 18.3 Å². The third-order valence-electron chi connectivity index (χ3n) is 2.18. The number of rotatable bonds is 2. The first-order chi connectivity index (χ1) is 6.90. The Morgan fingerprint density at radius 1 is 1.47 bits per heavy atom. The summed E-state index contributed by atoms with van der Waals surface area (Å²) in [6.07, 6.45) is 0.568. The smallest absolute Gasteiger partial charge is 0.207 e. The van der Waals surface area contributed by atoms with Crippen molar-refractivity contribution >= 4 is 19.7 Å². The highest BCUT2D eigenvalue weighted by molar-refractivity contribution is 8.13. The molecule has 0 aliphatic heterocycles. The van der Waals surface area contributed by atoms with Crippen LogP contribution >= 0.6 is 10.7 Å². The number of aryl methyl sites for hydroxylation is 1. The topological polar surface area (TPSA) is 57.9 Å². The summed E-state index contributed by atoms with van der Waals surface area (Å²) in [4.78, 5) is 0.0446. The van der Waals surface area contributed by atoms with Crippen molar-refractivity contribution in [2.24, 2.45) is 0 Å².